The van der Waals surface area contributed by atoms with Crippen LogP contribution in [0.4, 0.5) is 0 Å². The van der Waals surface area contributed by atoms with Gasteiger partial charge in [0, 0.05) is 12.1 Å². The van der Waals surface area contributed by atoms with E-state index in [0.29, 0.717) is 34.1 Å². The van der Waals surface area contributed by atoms with Crippen molar-refractivity contribution in [3.63, 3.8) is 0 Å². The van der Waals surface area contributed by atoms with Crippen molar-refractivity contribution >= 4 is 17.4 Å². The number of aliphatic hydroxyl groups is 1. The molecule has 1 amide bonds. The third-order valence-electron chi connectivity index (χ3n) is 6.25. The largest absolute Gasteiger partial charge is 0.507 e. The number of aliphatic hydroxyl groups excluding tert-OH is 1. The van der Waals surface area contributed by atoms with Crippen LogP contribution in [0, 0.1) is 0 Å². The second-order valence-corrected chi connectivity index (χ2v) is 9.08. The van der Waals surface area contributed by atoms with E-state index in [-0.39, 0.29) is 24.0 Å². The standard InChI is InChI=1S/C30H31NO7/c1-18(2)38-23-8-6-7-21(15-23)28(32)26-27(20-11-14-24(36-4)25(16-20)37-5)31(30(34)29(26)33)17-19-9-12-22(35-3)13-10-19/h6-16,18,27,32H,17H2,1-5H3/b28-26-. The van der Waals surface area contributed by atoms with Gasteiger partial charge >= 0.3 is 0 Å². The van der Waals surface area contributed by atoms with Crippen molar-refractivity contribution in [3.05, 3.63) is 89.0 Å². The predicted octanol–water partition coefficient (Wildman–Crippen LogP) is 5.12. The van der Waals surface area contributed by atoms with Gasteiger partial charge in [0.05, 0.1) is 39.0 Å². The first kappa shape index (κ1) is 26.6. The minimum Gasteiger partial charge on any atom is -0.507 e. The Hall–Kier alpha value is -4.46. The van der Waals surface area contributed by atoms with E-state index >= 15 is 0 Å². The van der Waals surface area contributed by atoms with Crippen LogP contribution in [0.2, 0.25) is 0 Å². The molecule has 0 saturated carbocycles. The molecule has 0 aliphatic carbocycles. The van der Waals surface area contributed by atoms with Crippen molar-refractivity contribution < 1.29 is 33.6 Å². The van der Waals surface area contributed by atoms with Gasteiger partial charge in [-0.15, -0.1) is 0 Å². The van der Waals surface area contributed by atoms with Crippen molar-refractivity contribution in [1.29, 1.82) is 0 Å². The lowest BCUT2D eigenvalue weighted by Crippen LogP contribution is -2.29. The molecule has 0 bridgehead atoms. The second kappa shape index (κ2) is 11.3. The van der Waals surface area contributed by atoms with Gasteiger partial charge in [-0.05, 0) is 61.4 Å². The van der Waals surface area contributed by atoms with Crippen LogP contribution >= 0.6 is 0 Å². The average molecular weight is 518 g/mol. The second-order valence-electron chi connectivity index (χ2n) is 9.08. The van der Waals surface area contributed by atoms with Gasteiger partial charge in [-0.25, -0.2) is 0 Å². The molecule has 198 valence electrons. The van der Waals surface area contributed by atoms with Gasteiger partial charge in [0.1, 0.15) is 17.3 Å². The normalized spacial score (nSPS) is 16.6. The number of ketones is 1. The Morgan fingerprint density at radius 3 is 2.21 bits per heavy atom. The molecule has 1 unspecified atom stereocenters. The van der Waals surface area contributed by atoms with E-state index in [1.165, 1.54) is 19.1 Å². The first-order chi connectivity index (χ1) is 18.3. The first-order valence-corrected chi connectivity index (χ1v) is 12.2. The minimum atomic E-state index is -0.869. The van der Waals surface area contributed by atoms with Crippen molar-refractivity contribution in [2.24, 2.45) is 0 Å². The Bertz CT molecular complexity index is 1360. The molecule has 3 aromatic rings. The number of Topliss-reactive ketones (excluding diaryl/α,β-unsaturated/α-hetero) is 1. The summed E-state index contributed by atoms with van der Waals surface area (Å²) in [4.78, 5) is 28.3. The molecule has 0 aromatic heterocycles. The lowest BCUT2D eigenvalue weighted by molar-refractivity contribution is -0.140. The summed E-state index contributed by atoms with van der Waals surface area (Å²) >= 11 is 0. The van der Waals surface area contributed by atoms with Gasteiger partial charge in [0.2, 0.25) is 0 Å². The van der Waals surface area contributed by atoms with E-state index in [9.17, 15) is 14.7 Å². The third kappa shape index (κ3) is 5.29. The van der Waals surface area contributed by atoms with E-state index in [1.807, 2.05) is 26.0 Å². The van der Waals surface area contributed by atoms with Crippen LogP contribution in [0.5, 0.6) is 23.0 Å². The summed E-state index contributed by atoms with van der Waals surface area (Å²) in [5.74, 6) is 0.390. The molecule has 0 radical (unpaired) electrons. The van der Waals surface area contributed by atoms with Crippen molar-refractivity contribution in [2.75, 3.05) is 21.3 Å². The zero-order valence-corrected chi connectivity index (χ0v) is 22.1. The molecular formula is C30H31NO7. The number of benzene rings is 3. The number of hydrogen-bond donors (Lipinski definition) is 1. The van der Waals surface area contributed by atoms with E-state index in [1.54, 1.807) is 61.7 Å². The van der Waals surface area contributed by atoms with Gasteiger partial charge in [0.15, 0.2) is 11.5 Å². The highest BCUT2D eigenvalue weighted by molar-refractivity contribution is 6.46. The van der Waals surface area contributed by atoms with E-state index in [4.69, 9.17) is 18.9 Å². The highest BCUT2D eigenvalue weighted by Gasteiger charge is 2.46. The first-order valence-electron chi connectivity index (χ1n) is 12.2. The molecule has 8 nitrogen and oxygen atoms in total. The third-order valence-corrected chi connectivity index (χ3v) is 6.25. The number of carbonyl (C=O) groups is 2. The van der Waals surface area contributed by atoms with E-state index in [0.717, 1.165) is 5.56 Å². The predicted molar refractivity (Wildman–Crippen MR) is 143 cm³/mol. The van der Waals surface area contributed by atoms with Crippen LogP contribution in [0.1, 0.15) is 36.6 Å². The number of rotatable bonds is 9. The van der Waals surface area contributed by atoms with Crippen molar-refractivity contribution in [1.82, 2.24) is 4.90 Å². The Morgan fingerprint density at radius 1 is 0.868 bits per heavy atom. The van der Waals surface area contributed by atoms with Gasteiger partial charge in [-0.2, -0.15) is 0 Å². The van der Waals surface area contributed by atoms with Crippen LogP contribution in [-0.2, 0) is 16.1 Å². The molecule has 1 saturated heterocycles. The Kier molecular flexibility index (Phi) is 7.90. The SMILES string of the molecule is COc1ccc(CN2C(=O)C(=O)/C(=C(\O)c3cccc(OC(C)C)c3)C2c2ccc(OC)c(OC)c2)cc1. The van der Waals surface area contributed by atoms with Crippen LogP contribution < -0.4 is 18.9 Å². The van der Waals surface area contributed by atoms with Crippen molar-refractivity contribution in [2.45, 2.75) is 32.5 Å². The Balaban J connectivity index is 1.86. The van der Waals surface area contributed by atoms with Crippen molar-refractivity contribution in [3.8, 4) is 23.0 Å². The molecule has 1 fully saturated rings. The number of amides is 1. The molecule has 1 N–H and O–H groups in total. The van der Waals surface area contributed by atoms with Crippen LogP contribution in [0.25, 0.3) is 5.76 Å². The number of carbonyl (C=O) groups excluding carboxylic acids is 2. The fourth-order valence-electron chi connectivity index (χ4n) is 4.48. The minimum absolute atomic E-state index is 0.0163. The lowest BCUT2D eigenvalue weighted by atomic mass is 9.94. The summed E-state index contributed by atoms with van der Waals surface area (Å²) in [6.07, 6.45) is -0.0748. The van der Waals surface area contributed by atoms with Crippen LogP contribution in [0.3, 0.4) is 0 Å². The van der Waals surface area contributed by atoms with Crippen LogP contribution in [0.15, 0.2) is 72.3 Å². The fourth-order valence-corrected chi connectivity index (χ4v) is 4.48. The zero-order chi connectivity index (χ0) is 27.4. The number of likely N-dealkylation sites (tertiary alicyclic amines) is 1. The fraction of sp³-hybridized carbons (Fsp3) is 0.267. The smallest absolute Gasteiger partial charge is 0.295 e. The number of hydrogen-bond acceptors (Lipinski definition) is 7. The van der Waals surface area contributed by atoms with Gasteiger partial charge in [0.25, 0.3) is 11.7 Å². The molecular weight excluding hydrogens is 486 g/mol. The molecule has 1 heterocycles. The zero-order valence-electron chi connectivity index (χ0n) is 22.1. The monoisotopic (exact) mass is 517 g/mol. The molecule has 0 spiro atoms. The molecule has 1 aliphatic heterocycles. The lowest BCUT2D eigenvalue weighted by Gasteiger charge is -2.26. The molecule has 4 rings (SSSR count). The number of methoxy groups -OCH3 is 3. The highest BCUT2D eigenvalue weighted by atomic mass is 16.5. The Morgan fingerprint density at radius 2 is 1.58 bits per heavy atom. The molecule has 38 heavy (non-hydrogen) atoms. The van der Waals surface area contributed by atoms with Gasteiger partial charge < -0.3 is 29.0 Å². The van der Waals surface area contributed by atoms with E-state index in [2.05, 4.69) is 0 Å². The van der Waals surface area contributed by atoms with Gasteiger partial charge in [-0.3, -0.25) is 9.59 Å². The summed E-state index contributed by atoms with van der Waals surface area (Å²) in [5, 5.41) is 11.4. The van der Waals surface area contributed by atoms with Gasteiger partial charge in [-0.1, -0.05) is 30.3 Å². The summed E-state index contributed by atoms with van der Waals surface area (Å²) in [6, 6.07) is 18.4. The maximum atomic E-state index is 13.4. The maximum absolute atomic E-state index is 13.4. The topological polar surface area (TPSA) is 94.5 Å². The summed E-state index contributed by atoms with van der Waals surface area (Å²) in [5.41, 5.74) is 1.74. The summed E-state index contributed by atoms with van der Waals surface area (Å²) in [6.45, 7) is 3.93. The molecule has 1 atom stereocenters. The highest BCUT2D eigenvalue weighted by Crippen LogP contribution is 2.43. The molecule has 3 aromatic carbocycles. The quantitative estimate of drug-likeness (QED) is 0.239. The molecule has 1 aliphatic rings. The average Bonchev–Trinajstić information content (AvgIpc) is 3.17. The maximum Gasteiger partial charge on any atom is 0.295 e. The summed E-state index contributed by atoms with van der Waals surface area (Å²) < 4.78 is 21.8. The number of ether oxygens (including phenoxy) is 4. The number of nitrogens with zero attached hydrogens (tertiary/aromatic N) is 1. The molecule has 8 heteroatoms. The van der Waals surface area contributed by atoms with E-state index < -0.39 is 17.7 Å². The Labute approximate surface area is 222 Å². The summed E-state index contributed by atoms with van der Waals surface area (Å²) in [7, 11) is 4.61. The van der Waals surface area contributed by atoms with Crippen LogP contribution in [-0.4, -0.2) is 49.1 Å².